The highest BCUT2D eigenvalue weighted by molar-refractivity contribution is 6.03. The molecular weight excluding hydrogens is 400 g/mol. The fourth-order valence-corrected chi connectivity index (χ4v) is 3.58. The molecule has 9 heteroatoms. The molecule has 31 heavy (non-hydrogen) atoms. The number of aromatic amines is 1. The molecule has 2 aromatic carbocycles. The van der Waals surface area contributed by atoms with Gasteiger partial charge in [0.15, 0.2) is 11.4 Å². The highest BCUT2D eigenvalue weighted by Crippen LogP contribution is 2.35. The maximum Gasteiger partial charge on any atom is 0.339 e. The second-order valence-corrected chi connectivity index (χ2v) is 7.00. The van der Waals surface area contributed by atoms with E-state index in [0.717, 1.165) is 5.56 Å². The minimum atomic E-state index is -0.472. The summed E-state index contributed by atoms with van der Waals surface area (Å²) in [5, 5.41) is 23.6. The van der Waals surface area contributed by atoms with Crippen molar-refractivity contribution in [3.8, 4) is 11.5 Å². The van der Waals surface area contributed by atoms with Gasteiger partial charge >= 0.3 is 5.97 Å². The van der Waals surface area contributed by atoms with Crippen molar-refractivity contribution in [2.75, 3.05) is 7.11 Å². The van der Waals surface area contributed by atoms with Crippen molar-refractivity contribution in [2.24, 2.45) is 0 Å². The summed E-state index contributed by atoms with van der Waals surface area (Å²) in [6.45, 7) is 0.394. The number of imidazole rings is 1. The largest absolute Gasteiger partial charge is 0.504 e. The highest BCUT2D eigenvalue weighted by Gasteiger charge is 2.17. The van der Waals surface area contributed by atoms with Gasteiger partial charge in [0.1, 0.15) is 11.2 Å². The van der Waals surface area contributed by atoms with E-state index in [-0.39, 0.29) is 11.3 Å². The number of hydrogen-bond donors (Lipinski definition) is 3. The quantitative estimate of drug-likeness (QED) is 0.304. The Balaban J connectivity index is 1.92. The van der Waals surface area contributed by atoms with E-state index in [2.05, 4.69) is 5.27 Å². The Morgan fingerprint density at radius 1 is 1.13 bits per heavy atom. The zero-order chi connectivity index (χ0) is 21.5. The molecule has 0 atom stereocenters. The molecule has 5 rings (SSSR count). The Morgan fingerprint density at radius 3 is 2.71 bits per heavy atom. The van der Waals surface area contributed by atoms with Gasteiger partial charge in [-0.1, -0.05) is 30.3 Å². The Labute approximate surface area is 175 Å². The average molecular weight is 418 g/mol. The topological polar surface area (TPSA) is 118 Å². The molecule has 0 aliphatic rings. The van der Waals surface area contributed by atoms with Gasteiger partial charge in [-0.2, -0.15) is 5.27 Å². The first-order valence-corrected chi connectivity index (χ1v) is 9.46. The van der Waals surface area contributed by atoms with Crippen LogP contribution in [0.5, 0.6) is 11.5 Å². The minimum Gasteiger partial charge on any atom is -0.504 e. The Hall–Kier alpha value is -4.40. The van der Waals surface area contributed by atoms with E-state index in [1.165, 1.54) is 13.2 Å². The van der Waals surface area contributed by atoms with E-state index >= 15 is 0 Å². The van der Waals surface area contributed by atoms with Crippen molar-refractivity contribution in [1.82, 2.24) is 19.3 Å². The number of nitrogens with zero attached hydrogens (tertiary/aromatic N) is 3. The van der Waals surface area contributed by atoms with Crippen LogP contribution in [0.3, 0.4) is 0 Å². The summed E-state index contributed by atoms with van der Waals surface area (Å²) in [5.41, 5.74) is 3.07. The second kappa shape index (κ2) is 7.13. The monoisotopic (exact) mass is 418 g/mol. The molecule has 0 saturated carbocycles. The van der Waals surface area contributed by atoms with Gasteiger partial charge in [0.25, 0.3) is 0 Å². The number of aromatic nitrogens is 4. The molecular formula is C22H18N4O5. The van der Waals surface area contributed by atoms with Crippen molar-refractivity contribution in [3.63, 3.8) is 0 Å². The molecule has 0 radical (unpaired) electrons. The molecule has 3 heterocycles. The Bertz CT molecular complexity index is 1490. The van der Waals surface area contributed by atoms with Crippen molar-refractivity contribution in [1.29, 1.82) is 0 Å². The molecule has 0 unspecified atom stereocenters. The van der Waals surface area contributed by atoms with Crippen molar-refractivity contribution < 1.29 is 24.3 Å². The number of esters is 1. The maximum absolute atomic E-state index is 12.1. The van der Waals surface area contributed by atoms with Gasteiger partial charge in [0, 0.05) is 6.20 Å². The van der Waals surface area contributed by atoms with Crippen LogP contribution < -0.4 is 0 Å². The molecule has 0 bridgehead atoms. The third-order valence-electron chi connectivity index (χ3n) is 5.08. The molecule has 0 fully saturated rings. The number of phenols is 2. The summed E-state index contributed by atoms with van der Waals surface area (Å²) in [6, 6.07) is 16.0. The fraction of sp³-hybridized carbons (Fsp3) is 0.0909. The minimum absolute atomic E-state index is 0.0495. The molecule has 156 valence electrons. The molecule has 0 spiro atoms. The number of carbonyl (C=O) groups excluding carboxylic acids is 1. The zero-order valence-corrected chi connectivity index (χ0v) is 16.4. The number of aromatic hydroxyl groups is 2. The molecule has 0 amide bonds. The molecule has 0 saturated heterocycles. The van der Waals surface area contributed by atoms with E-state index in [9.17, 15) is 15.0 Å². The van der Waals surface area contributed by atoms with E-state index in [1.807, 2.05) is 30.3 Å². The third-order valence-corrected chi connectivity index (χ3v) is 5.08. The predicted octanol–water partition coefficient (Wildman–Crippen LogP) is 3.73. The van der Waals surface area contributed by atoms with Crippen LogP contribution in [-0.2, 0) is 11.3 Å². The van der Waals surface area contributed by atoms with Crippen molar-refractivity contribution >= 4 is 33.7 Å². The van der Waals surface area contributed by atoms with Gasteiger partial charge in [-0.25, -0.2) is 14.5 Å². The molecule has 3 aromatic heterocycles. The lowest BCUT2D eigenvalue weighted by Crippen LogP contribution is -2.07. The standard InChI is InChI=1S/C22H18N4O5/c1-30-22(29)14-7-10-17-23-18-15-8-9-16(27)19(28)20(15)31-24-26(21(18)25(17)12-14)11-13-5-3-2-4-6-13/h2-10,12,24,27-28H,11H2,1H3. The number of nitrogens with one attached hydrogen (secondary N) is 1. The van der Waals surface area contributed by atoms with Crippen LogP contribution in [0.25, 0.3) is 27.8 Å². The van der Waals surface area contributed by atoms with Crippen LogP contribution in [0.1, 0.15) is 15.9 Å². The van der Waals surface area contributed by atoms with E-state index in [0.29, 0.717) is 34.3 Å². The predicted molar refractivity (Wildman–Crippen MR) is 113 cm³/mol. The zero-order valence-electron chi connectivity index (χ0n) is 16.4. The van der Waals surface area contributed by atoms with Crippen LogP contribution in [-0.4, -0.2) is 42.6 Å². The molecule has 0 aliphatic carbocycles. The Morgan fingerprint density at radius 2 is 1.94 bits per heavy atom. The number of hydrogen-bond acceptors (Lipinski definition) is 6. The summed E-state index contributed by atoms with van der Waals surface area (Å²) in [5.74, 6) is -1.18. The normalized spacial score (nSPS) is 11.3. The summed E-state index contributed by atoms with van der Waals surface area (Å²) in [7, 11) is 1.32. The first-order chi connectivity index (χ1) is 15.1. The highest BCUT2D eigenvalue weighted by atomic mass is 16.5. The van der Waals surface area contributed by atoms with Crippen LogP contribution in [0.2, 0.25) is 0 Å². The van der Waals surface area contributed by atoms with Crippen LogP contribution in [0, 0.1) is 0 Å². The second-order valence-electron chi connectivity index (χ2n) is 7.00. The summed E-state index contributed by atoms with van der Waals surface area (Å²) in [4.78, 5) is 16.8. The van der Waals surface area contributed by atoms with Crippen LogP contribution in [0.15, 0.2) is 65.3 Å². The first kappa shape index (κ1) is 18.6. The number of phenolic OH excluding ortho intramolecular Hbond substituents is 2. The van der Waals surface area contributed by atoms with Crippen LogP contribution in [0.4, 0.5) is 0 Å². The van der Waals surface area contributed by atoms with Gasteiger partial charge in [0.05, 0.1) is 24.6 Å². The van der Waals surface area contributed by atoms with Crippen LogP contribution >= 0.6 is 0 Å². The van der Waals surface area contributed by atoms with Gasteiger partial charge in [-0.15, -0.1) is 0 Å². The van der Waals surface area contributed by atoms with E-state index in [4.69, 9.17) is 14.2 Å². The summed E-state index contributed by atoms with van der Waals surface area (Å²) < 4.78 is 14.0. The number of pyridine rings is 1. The lowest BCUT2D eigenvalue weighted by atomic mass is 10.2. The first-order valence-electron chi connectivity index (χ1n) is 9.46. The SMILES string of the molecule is COC(=O)c1ccc2nc3c4ccc(O)c(O)c4o[nH]n(Cc4ccccc4)c3n2c1. The summed E-state index contributed by atoms with van der Waals surface area (Å²) in [6.07, 6.45) is 1.64. The van der Waals surface area contributed by atoms with Crippen molar-refractivity contribution in [2.45, 2.75) is 6.54 Å². The van der Waals surface area contributed by atoms with Crippen molar-refractivity contribution in [3.05, 3.63) is 71.9 Å². The lowest BCUT2D eigenvalue weighted by molar-refractivity contribution is 0.0600. The smallest absolute Gasteiger partial charge is 0.339 e. The average Bonchev–Trinajstić information content (AvgIpc) is 3.10. The number of fused-ring (bicyclic) bond motifs is 5. The number of rotatable bonds is 3. The van der Waals surface area contributed by atoms with Gasteiger partial charge < -0.3 is 19.5 Å². The van der Waals surface area contributed by atoms with Gasteiger partial charge in [-0.05, 0) is 29.8 Å². The number of methoxy groups -OCH3 is 1. The summed E-state index contributed by atoms with van der Waals surface area (Å²) >= 11 is 0. The lowest BCUT2D eigenvalue weighted by Gasteiger charge is -2.07. The molecule has 9 nitrogen and oxygen atoms in total. The number of H-pyrrole nitrogens is 1. The van der Waals surface area contributed by atoms with Gasteiger partial charge in [0.2, 0.25) is 11.3 Å². The van der Waals surface area contributed by atoms with Gasteiger partial charge in [-0.3, -0.25) is 4.40 Å². The fourth-order valence-electron chi connectivity index (χ4n) is 3.58. The number of carbonyl (C=O) groups is 1. The van der Waals surface area contributed by atoms with E-state index < -0.39 is 11.7 Å². The number of ether oxygens (including phenoxy) is 1. The Kier molecular flexibility index (Phi) is 4.28. The third kappa shape index (κ3) is 3.03. The van der Waals surface area contributed by atoms with E-state index in [1.54, 1.807) is 33.5 Å². The maximum atomic E-state index is 12.1. The molecule has 5 aromatic rings. The number of benzene rings is 2. The molecule has 0 aliphatic heterocycles. The molecule has 3 N–H and O–H groups in total.